The fourth-order valence-electron chi connectivity index (χ4n) is 3.12. The number of aromatic nitrogens is 1. The summed E-state index contributed by atoms with van der Waals surface area (Å²) >= 11 is 1.35. The third kappa shape index (κ3) is 5.13. The lowest BCUT2D eigenvalue weighted by atomic mass is 10.3. The molecule has 0 saturated carbocycles. The maximum absolute atomic E-state index is 13.0. The number of carbonyl (C=O) groups excluding carboxylic acids is 1. The van der Waals surface area contributed by atoms with Gasteiger partial charge in [0.2, 0.25) is 5.91 Å². The van der Waals surface area contributed by atoms with Gasteiger partial charge < -0.3 is 14.0 Å². The summed E-state index contributed by atoms with van der Waals surface area (Å²) in [6.07, 6.45) is 0.117. The van der Waals surface area contributed by atoms with Crippen molar-refractivity contribution in [2.24, 2.45) is 4.99 Å². The number of amides is 1. The lowest BCUT2D eigenvalue weighted by molar-refractivity contribution is -0.118. The van der Waals surface area contributed by atoms with Crippen molar-refractivity contribution in [1.29, 1.82) is 0 Å². The number of hydrogen-bond donors (Lipinski definition) is 0. The van der Waals surface area contributed by atoms with Crippen molar-refractivity contribution >= 4 is 37.3 Å². The number of benzene rings is 2. The first-order valence-corrected chi connectivity index (χ1v) is 12.1. The molecule has 0 aliphatic carbocycles. The molecule has 1 heterocycles. The first-order chi connectivity index (χ1) is 14.8. The summed E-state index contributed by atoms with van der Waals surface area (Å²) in [6.45, 7) is 2.54. The number of hydrogen-bond acceptors (Lipinski definition) is 6. The van der Waals surface area contributed by atoms with Gasteiger partial charge in [0.15, 0.2) is 26.1 Å². The average Bonchev–Trinajstić information content (AvgIpc) is 3.08. The lowest BCUT2D eigenvalue weighted by Gasteiger charge is -2.08. The van der Waals surface area contributed by atoms with Crippen molar-refractivity contribution < 1.29 is 27.1 Å². The molecule has 0 spiro atoms. The molecule has 166 valence electrons. The molecule has 0 unspecified atom stereocenters. The number of ether oxygens (including phenoxy) is 2. The van der Waals surface area contributed by atoms with Gasteiger partial charge >= 0.3 is 0 Å². The van der Waals surface area contributed by atoms with Crippen LogP contribution < -0.4 is 14.3 Å². The second-order valence-electron chi connectivity index (χ2n) is 6.69. The summed E-state index contributed by atoms with van der Waals surface area (Å²) in [5.74, 6) is 0.0501. The highest BCUT2D eigenvalue weighted by atomic mass is 32.2. The molecule has 0 radical (unpaired) electrons. The number of sulfone groups is 1. The van der Waals surface area contributed by atoms with Crippen LogP contribution in [0, 0.1) is 5.82 Å². The van der Waals surface area contributed by atoms with E-state index < -0.39 is 21.6 Å². The topological polar surface area (TPSA) is 87.0 Å². The lowest BCUT2D eigenvalue weighted by Crippen LogP contribution is -2.16. The highest BCUT2D eigenvalue weighted by molar-refractivity contribution is 7.91. The van der Waals surface area contributed by atoms with Crippen molar-refractivity contribution in [3.63, 3.8) is 0 Å². The van der Waals surface area contributed by atoms with Crippen LogP contribution in [0.25, 0.3) is 10.2 Å². The van der Waals surface area contributed by atoms with Gasteiger partial charge in [-0.25, -0.2) is 12.8 Å². The summed E-state index contributed by atoms with van der Waals surface area (Å²) in [5.41, 5.74) is 0.871. The number of fused-ring (bicyclic) bond motifs is 1. The van der Waals surface area contributed by atoms with E-state index in [1.165, 1.54) is 23.5 Å². The van der Waals surface area contributed by atoms with Crippen LogP contribution in [0.1, 0.15) is 19.8 Å². The van der Waals surface area contributed by atoms with Crippen LogP contribution in [0.15, 0.2) is 46.3 Å². The molecule has 3 aromatic rings. The maximum atomic E-state index is 13.0. The Morgan fingerprint density at radius 3 is 2.39 bits per heavy atom. The molecule has 0 saturated heterocycles. The molecule has 0 aliphatic rings. The fraction of sp³-hybridized carbons (Fsp3) is 0.333. The number of nitrogens with zero attached hydrogens (tertiary/aromatic N) is 2. The first kappa shape index (κ1) is 23.0. The Morgan fingerprint density at radius 1 is 1.13 bits per heavy atom. The Labute approximate surface area is 183 Å². The molecule has 0 aliphatic heterocycles. The standard InChI is InChI=1S/C21H23FN2O5S2/c1-4-24-16-12-17(28-2)18(29-3)13-19(16)30-21(24)23-20(25)6-5-11-31(26,27)15-9-7-14(22)8-10-15/h7-10,12-13H,4-6,11H2,1-3H3. The first-order valence-electron chi connectivity index (χ1n) is 9.60. The number of carbonyl (C=O) groups is 1. The van der Waals surface area contributed by atoms with E-state index >= 15 is 0 Å². The predicted molar refractivity (Wildman–Crippen MR) is 117 cm³/mol. The van der Waals surface area contributed by atoms with Crippen LogP contribution in [-0.2, 0) is 21.2 Å². The summed E-state index contributed by atoms with van der Waals surface area (Å²) in [5, 5.41) is 0. The highest BCUT2D eigenvalue weighted by Crippen LogP contribution is 2.33. The van der Waals surface area contributed by atoms with Crippen LogP contribution in [0.3, 0.4) is 0 Å². The third-order valence-corrected chi connectivity index (χ3v) is 7.56. The zero-order chi connectivity index (χ0) is 22.6. The van der Waals surface area contributed by atoms with Crippen molar-refractivity contribution in [1.82, 2.24) is 4.57 Å². The molecule has 1 amide bonds. The number of aryl methyl sites for hydroxylation is 1. The van der Waals surface area contributed by atoms with E-state index in [0.717, 1.165) is 22.3 Å². The van der Waals surface area contributed by atoms with Crippen molar-refractivity contribution in [3.8, 4) is 11.5 Å². The largest absolute Gasteiger partial charge is 0.493 e. The van der Waals surface area contributed by atoms with E-state index in [-0.39, 0.29) is 23.5 Å². The molecule has 3 rings (SSSR count). The Bertz CT molecular complexity index is 1260. The van der Waals surface area contributed by atoms with Crippen LogP contribution in [0.5, 0.6) is 11.5 Å². The normalized spacial score (nSPS) is 12.3. The second-order valence-corrected chi connectivity index (χ2v) is 9.80. The van der Waals surface area contributed by atoms with Crippen LogP contribution >= 0.6 is 11.3 Å². The highest BCUT2D eigenvalue weighted by Gasteiger charge is 2.16. The van der Waals surface area contributed by atoms with Crippen molar-refractivity contribution in [2.75, 3.05) is 20.0 Å². The molecule has 10 heteroatoms. The fourth-order valence-corrected chi connectivity index (χ4v) is 5.56. The molecular weight excluding hydrogens is 443 g/mol. The van der Waals surface area contributed by atoms with E-state index in [9.17, 15) is 17.6 Å². The third-order valence-electron chi connectivity index (χ3n) is 4.70. The molecule has 31 heavy (non-hydrogen) atoms. The Morgan fingerprint density at radius 2 is 1.77 bits per heavy atom. The smallest absolute Gasteiger partial charge is 0.248 e. The van der Waals surface area contributed by atoms with E-state index in [4.69, 9.17) is 9.47 Å². The van der Waals surface area contributed by atoms with E-state index in [0.29, 0.717) is 22.8 Å². The Hall–Kier alpha value is -2.72. The number of halogens is 1. The number of methoxy groups -OCH3 is 2. The maximum Gasteiger partial charge on any atom is 0.248 e. The Balaban J connectivity index is 1.78. The van der Waals surface area contributed by atoms with Gasteiger partial charge in [0, 0.05) is 25.1 Å². The summed E-state index contributed by atoms with van der Waals surface area (Å²) in [4.78, 5) is 17.2. The van der Waals surface area contributed by atoms with Crippen molar-refractivity contribution in [2.45, 2.75) is 31.2 Å². The molecule has 1 aromatic heterocycles. The van der Waals surface area contributed by atoms with Gasteiger partial charge in [-0.1, -0.05) is 11.3 Å². The molecule has 0 fully saturated rings. The summed E-state index contributed by atoms with van der Waals surface area (Å²) < 4.78 is 51.1. The minimum Gasteiger partial charge on any atom is -0.493 e. The number of rotatable bonds is 8. The quantitative estimate of drug-likeness (QED) is 0.474. The van der Waals surface area contributed by atoms with Crippen molar-refractivity contribution in [3.05, 3.63) is 47.0 Å². The van der Waals surface area contributed by atoms with Gasteiger partial charge in [-0.15, -0.1) is 0 Å². The van der Waals surface area contributed by atoms with Crippen LogP contribution in [-0.4, -0.2) is 38.9 Å². The molecule has 0 N–H and O–H groups in total. The van der Waals surface area contributed by atoms with Gasteiger partial charge in [-0.05, 0) is 37.6 Å². The van der Waals surface area contributed by atoms with Crippen LogP contribution in [0.4, 0.5) is 4.39 Å². The van der Waals surface area contributed by atoms with Gasteiger partial charge in [0.05, 0.1) is 35.1 Å². The SMILES string of the molecule is CCn1c(=NC(=O)CCCS(=O)(=O)c2ccc(F)cc2)sc2cc(OC)c(OC)cc21. The zero-order valence-corrected chi connectivity index (χ0v) is 19.1. The molecular formula is C21H23FN2O5S2. The van der Waals surface area contributed by atoms with E-state index in [1.807, 2.05) is 23.6 Å². The number of thiazole rings is 1. The Kier molecular flexibility index (Phi) is 7.11. The van der Waals surface area contributed by atoms with E-state index in [1.54, 1.807) is 14.2 Å². The molecule has 7 nitrogen and oxygen atoms in total. The minimum absolute atomic E-state index is 0.00890. The minimum atomic E-state index is -3.59. The molecule has 0 bridgehead atoms. The second kappa shape index (κ2) is 9.61. The predicted octanol–water partition coefficient (Wildman–Crippen LogP) is 3.56. The summed E-state index contributed by atoms with van der Waals surface area (Å²) in [7, 11) is -0.473. The van der Waals surface area contributed by atoms with Gasteiger partial charge in [-0.3, -0.25) is 4.79 Å². The average molecular weight is 467 g/mol. The van der Waals surface area contributed by atoms with Crippen LogP contribution in [0.2, 0.25) is 0 Å². The zero-order valence-electron chi connectivity index (χ0n) is 17.4. The molecule has 0 atom stereocenters. The van der Waals surface area contributed by atoms with Gasteiger partial charge in [0.1, 0.15) is 5.82 Å². The van der Waals surface area contributed by atoms with Gasteiger partial charge in [-0.2, -0.15) is 4.99 Å². The van der Waals surface area contributed by atoms with E-state index in [2.05, 4.69) is 4.99 Å². The molecule has 2 aromatic carbocycles. The summed E-state index contributed by atoms with van der Waals surface area (Å²) in [6, 6.07) is 8.32. The van der Waals surface area contributed by atoms with Gasteiger partial charge in [0.25, 0.3) is 0 Å². The monoisotopic (exact) mass is 466 g/mol.